The van der Waals surface area contributed by atoms with Gasteiger partial charge in [-0.25, -0.2) is 0 Å². The van der Waals surface area contributed by atoms with Crippen LogP contribution in [0.5, 0.6) is 0 Å². The van der Waals surface area contributed by atoms with Crippen LogP contribution in [-0.2, 0) is 9.47 Å². The average molecular weight is 592 g/mol. The van der Waals surface area contributed by atoms with Gasteiger partial charge in [-0.1, -0.05) is 39.3 Å². The Morgan fingerprint density at radius 2 is 0.759 bits per heavy atom. The first-order chi connectivity index (χ1) is 13.2. The van der Waals surface area contributed by atoms with Gasteiger partial charge in [-0.2, -0.15) is 0 Å². The van der Waals surface area contributed by atoms with E-state index >= 15 is 0 Å². The van der Waals surface area contributed by atoms with Crippen molar-refractivity contribution >= 4 is 16.1 Å². The summed E-state index contributed by atoms with van der Waals surface area (Å²) >= 11 is 0. The summed E-state index contributed by atoms with van der Waals surface area (Å²) in [6.07, 6.45) is 22.5. The van der Waals surface area contributed by atoms with Crippen molar-refractivity contribution in [1.82, 2.24) is 0 Å². The maximum atomic E-state index is 4.94. The molecule has 10 radical (unpaired) electrons. The minimum absolute atomic E-state index is 0. The summed E-state index contributed by atoms with van der Waals surface area (Å²) in [6.45, 7) is 18.2. The minimum Gasteiger partial charge on any atom is -0.381 e. The van der Waals surface area contributed by atoms with Gasteiger partial charge in [-0.15, -0.1) is 0 Å². The molecule has 0 aromatic carbocycles. The third kappa shape index (κ3) is 16.2. The van der Waals surface area contributed by atoms with E-state index in [9.17, 15) is 0 Å². The molecule has 2 nitrogen and oxygen atoms in total. The van der Waals surface area contributed by atoms with E-state index in [4.69, 9.17) is 9.47 Å². The van der Waals surface area contributed by atoms with Crippen LogP contribution in [0.3, 0.4) is 0 Å². The molecule has 2 aliphatic heterocycles. The predicted molar refractivity (Wildman–Crippen MR) is 128 cm³/mol. The van der Waals surface area contributed by atoms with Crippen LogP contribution in [0.4, 0.5) is 0 Å². The molecule has 29 heavy (non-hydrogen) atoms. The molecular formula is C24H42O2Si2Yb. The molecule has 172 valence electrons. The SMILES string of the molecule is C1CCOC1.C1CCOC1.C[Si](C)(C)[C]1[CH][CH][CH][CH]1.C[Si](C)(C)[C]1[CH][CH][CH][CH]1.[Yb]. The molecule has 4 aliphatic rings. The standard InChI is InChI=1S/2C8H13Si.2C4H8O.Yb/c2*1-9(2,3)8-6-4-5-7-8;2*1-2-4-5-3-1;/h2*4-7H,1-3H3;2*1-4H2;. The fourth-order valence-corrected chi connectivity index (χ4v) is 5.15. The normalized spacial score (nSPS) is 22.6. The Balaban J connectivity index is 0.000000369. The second-order valence-corrected chi connectivity index (χ2v) is 19.6. The second kappa shape index (κ2) is 17.4. The van der Waals surface area contributed by atoms with E-state index in [1.54, 1.807) is 11.1 Å². The molecule has 0 spiro atoms. The van der Waals surface area contributed by atoms with E-state index in [2.05, 4.69) is 90.6 Å². The van der Waals surface area contributed by atoms with Crippen LogP contribution in [0.25, 0.3) is 0 Å². The topological polar surface area (TPSA) is 18.5 Å². The van der Waals surface area contributed by atoms with Crippen molar-refractivity contribution in [2.75, 3.05) is 26.4 Å². The van der Waals surface area contributed by atoms with Gasteiger partial charge < -0.3 is 9.47 Å². The Morgan fingerprint density at radius 3 is 0.862 bits per heavy atom. The Morgan fingerprint density at radius 1 is 0.517 bits per heavy atom. The molecule has 0 N–H and O–H groups in total. The smallest absolute Gasteiger partial charge is 0.0516 e. The molecule has 2 saturated carbocycles. The van der Waals surface area contributed by atoms with Gasteiger partial charge in [-0.3, -0.25) is 0 Å². The van der Waals surface area contributed by atoms with Crippen molar-refractivity contribution in [1.29, 1.82) is 0 Å². The number of ether oxygens (including phenoxy) is 2. The van der Waals surface area contributed by atoms with Crippen LogP contribution in [-0.4, -0.2) is 42.6 Å². The van der Waals surface area contributed by atoms with Crippen LogP contribution in [0.1, 0.15) is 25.7 Å². The first-order valence-corrected chi connectivity index (χ1v) is 17.8. The molecule has 4 rings (SSSR count). The van der Waals surface area contributed by atoms with Gasteiger partial charge in [-0.05, 0) is 88.1 Å². The van der Waals surface area contributed by atoms with Crippen LogP contribution < -0.4 is 0 Å². The molecule has 0 aromatic heterocycles. The van der Waals surface area contributed by atoms with Gasteiger partial charge in [0.1, 0.15) is 0 Å². The fraction of sp³-hybridized carbons (Fsp3) is 0.583. The maximum absolute atomic E-state index is 4.94. The molecule has 2 saturated heterocycles. The molecule has 2 heterocycles. The Bertz CT molecular complexity index is 309. The molecular weight excluding hydrogens is 549 g/mol. The summed E-state index contributed by atoms with van der Waals surface area (Å²) in [4.78, 5) is 0. The Kier molecular flexibility index (Phi) is 18.5. The van der Waals surface area contributed by atoms with E-state index in [0.717, 1.165) is 26.4 Å². The van der Waals surface area contributed by atoms with E-state index in [1.807, 2.05) is 0 Å². The first-order valence-electron chi connectivity index (χ1n) is 10.8. The summed E-state index contributed by atoms with van der Waals surface area (Å²) in [7, 11) is -1.96. The van der Waals surface area contributed by atoms with E-state index < -0.39 is 16.1 Å². The molecule has 4 fully saturated rings. The van der Waals surface area contributed by atoms with E-state index in [1.165, 1.54) is 25.7 Å². The summed E-state index contributed by atoms with van der Waals surface area (Å²) in [5, 5.41) is 0. The molecule has 0 unspecified atom stereocenters. The van der Waals surface area contributed by atoms with Crippen LogP contribution in [0.2, 0.25) is 39.3 Å². The monoisotopic (exact) mass is 592 g/mol. The van der Waals surface area contributed by atoms with Crippen molar-refractivity contribution < 1.29 is 56.4 Å². The summed E-state index contributed by atoms with van der Waals surface area (Å²) in [5.41, 5.74) is 3.12. The molecule has 2 aliphatic carbocycles. The molecule has 0 aromatic rings. The van der Waals surface area contributed by atoms with Gasteiger partial charge in [0, 0.05) is 73.4 Å². The zero-order valence-corrected chi connectivity index (χ0v) is 23.1. The van der Waals surface area contributed by atoms with Gasteiger partial charge in [0.15, 0.2) is 0 Å². The summed E-state index contributed by atoms with van der Waals surface area (Å²) in [5.74, 6) is 0. The van der Waals surface area contributed by atoms with Gasteiger partial charge in [0.25, 0.3) is 0 Å². The van der Waals surface area contributed by atoms with Crippen LogP contribution in [0, 0.1) is 109 Å². The molecule has 0 amide bonds. The zero-order valence-electron chi connectivity index (χ0n) is 19.4. The van der Waals surface area contributed by atoms with Crippen molar-refractivity contribution in [3.05, 3.63) is 62.4 Å². The minimum atomic E-state index is -0.981. The molecule has 5 heteroatoms. The molecule has 0 bridgehead atoms. The fourth-order valence-electron chi connectivity index (χ4n) is 2.77. The largest absolute Gasteiger partial charge is 0.381 e. The molecule has 0 atom stereocenters. The predicted octanol–water partition coefficient (Wildman–Crippen LogP) is 6.13. The van der Waals surface area contributed by atoms with E-state index in [0.29, 0.717) is 0 Å². The second-order valence-electron chi connectivity index (χ2n) is 9.49. The Hall–Kier alpha value is 1.87. The third-order valence-corrected chi connectivity index (χ3v) is 8.84. The third-order valence-electron chi connectivity index (χ3n) is 4.71. The van der Waals surface area contributed by atoms with E-state index in [-0.39, 0.29) is 46.9 Å². The summed E-state index contributed by atoms with van der Waals surface area (Å²) < 4.78 is 9.89. The van der Waals surface area contributed by atoms with Crippen molar-refractivity contribution in [2.24, 2.45) is 0 Å². The number of rotatable bonds is 2. The van der Waals surface area contributed by atoms with Gasteiger partial charge in [0.2, 0.25) is 0 Å². The van der Waals surface area contributed by atoms with Crippen LogP contribution >= 0.6 is 0 Å². The number of hydrogen-bond donors (Lipinski definition) is 0. The zero-order chi connectivity index (χ0) is 20.9. The van der Waals surface area contributed by atoms with Crippen molar-refractivity contribution in [3.63, 3.8) is 0 Å². The maximum Gasteiger partial charge on any atom is 0.0516 e. The Labute approximate surface area is 224 Å². The van der Waals surface area contributed by atoms with Gasteiger partial charge >= 0.3 is 0 Å². The average Bonchev–Trinajstić information content (AvgIpc) is 3.50. The van der Waals surface area contributed by atoms with Gasteiger partial charge in [0.05, 0.1) is 16.1 Å². The first kappa shape index (κ1) is 30.9. The quantitative estimate of drug-likeness (QED) is 0.360. The van der Waals surface area contributed by atoms with Crippen molar-refractivity contribution in [2.45, 2.75) is 65.0 Å². The van der Waals surface area contributed by atoms with Crippen LogP contribution in [0.15, 0.2) is 0 Å². The van der Waals surface area contributed by atoms with Crippen molar-refractivity contribution in [3.8, 4) is 0 Å². The summed E-state index contributed by atoms with van der Waals surface area (Å²) in [6, 6.07) is 0. The number of hydrogen-bond acceptors (Lipinski definition) is 2.